The first-order chi connectivity index (χ1) is 6.61. The Bertz CT molecular complexity index is 147. The minimum Gasteiger partial charge on any atom is -0.377 e. The molecule has 0 aromatic carbocycles. The van der Waals surface area contributed by atoms with E-state index in [0.717, 1.165) is 26.4 Å². The van der Waals surface area contributed by atoms with E-state index >= 15 is 0 Å². The van der Waals surface area contributed by atoms with Crippen LogP contribution in [-0.4, -0.2) is 49.5 Å². The number of hydrogen-bond acceptors (Lipinski definition) is 3. The van der Waals surface area contributed by atoms with Crippen molar-refractivity contribution in [3.05, 3.63) is 0 Å². The van der Waals surface area contributed by atoms with Gasteiger partial charge in [0.1, 0.15) is 6.10 Å². The van der Waals surface area contributed by atoms with E-state index in [-0.39, 0.29) is 0 Å². The van der Waals surface area contributed by atoms with E-state index < -0.39 is 0 Å². The molecule has 0 bridgehead atoms. The van der Waals surface area contributed by atoms with Crippen LogP contribution in [0.15, 0.2) is 0 Å². The van der Waals surface area contributed by atoms with Gasteiger partial charge in [0.2, 0.25) is 0 Å². The highest BCUT2D eigenvalue weighted by Crippen LogP contribution is 2.09. The molecule has 1 unspecified atom stereocenters. The van der Waals surface area contributed by atoms with E-state index in [0.29, 0.717) is 18.2 Å². The third kappa shape index (κ3) is 4.40. The van der Waals surface area contributed by atoms with Gasteiger partial charge in [0, 0.05) is 18.6 Å². The minimum atomic E-state index is 0.390. The Morgan fingerprint density at radius 2 is 1.86 bits per heavy atom. The van der Waals surface area contributed by atoms with Crippen LogP contribution in [0, 0.1) is 0 Å². The molecule has 1 heterocycles. The van der Waals surface area contributed by atoms with Crippen molar-refractivity contribution in [1.29, 1.82) is 0 Å². The summed E-state index contributed by atoms with van der Waals surface area (Å²) in [4.78, 5) is 2.44. The second-order valence-corrected chi connectivity index (χ2v) is 4.46. The lowest BCUT2D eigenvalue weighted by Gasteiger charge is -2.30. The molecule has 3 nitrogen and oxygen atoms in total. The molecular formula is C11H23NO2. The van der Waals surface area contributed by atoms with Crippen LogP contribution in [-0.2, 0) is 9.47 Å². The van der Waals surface area contributed by atoms with Gasteiger partial charge >= 0.3 is 0 Å². The van der Waals surface area contributed by atoms with Gasteiger partial charge in [0.25, 0.3) is 0 Å². The van der Waals surface area contributed by atoms with E-state index in [9.17, 15) is 0 Å². The SMILES string of the molecule is CC(C)N(CCOCC1CO1)C(C)C. The van der Waals surface area contributed by atoms with Crippen LogP contribution in [0.2, 0.25) is 0 Å². The lowest BCUT2D eigenvalue weighted by atomic mass is 10.2. The van der Waals surface area contributed by atoms with Gasteiger partial charge in [-0.25, -0.2) is 0 Å². The molecule has 0 saturated carbocycles. The number of nitrogens with zero attached hydrogens (tertiary/aromatic N) is 1. The Kier molecular flexibility index (Phi) is 4.85. The van der Waals surface area contributed by atoms with Crippen molar-refractivity contribution >= 4 is 0 Å². The van der Waals surface area contributed by atoms with Gasteiger partial charge in [0.15, 0.2) is 0 Å². The summed E-state index contributed by atoms with van der Waals surface area (Å²) < 4.78 is 10.6. The molecule has 0 aromatic rings. The molecule has 1 aliphatic heterocycles. The predicted molar refractivity (Wildman–Crippen MR) is 57.5 cm³/mol. The van der Waals surface area contributed by atoms with E-state index in [2.05, 4.69) is 32.6 Å². The molecule has 0 amide bonds. The molecule has 1 atom stereocenters. The smallest absolute Gasteiger partial charge is 0.104 e. The Morgan fingerprint density at radius 1 is 1.29 bits per heavy atom. The largest absolute Gasteiger partial charge is 0.377 e. The molecule has 0 spiro atoms. The Hall–Kier alpha value is -0.120. The summed E-state index contributed by atoms with van der Waals surface area (Å²) in [5, 5.41) is 0. The van der Waals surface area contributed by atoms with Crippen LogP contribution in [0.3, 0.4) is 0 Å². The zero-order valence-electron chi connectivity index (χ0n) is 9.82. The van der Waals surface area contributed by atoms with Gasteiger partial charge < -0.3 is 9.47 Å². The van der Waals surface area contributed by atoms with Crippen molar-refractivity contribution in [1.82, 2.24) is 4.90 Å². The maximum absolute atomic E-state index is 5.52. The van der Waals surface area contributed by atoms with Gasteiger partial charge in [-0.3, -0.25) is 4.90 Å². The first kappa shape index (κ1) is 12.0. The quantitative estimate of drug-likeness (QED) is 0.461. The predicted octanol–water partition coefficient (Wildman–Crippen LogP) is 1.52. The number of epoxide rings is 1. The highest BCUT2D eigenvalue weighted by atomic mass is 16.6. The topological polar surface area (TPSA) is 25.0 Å². The van der Waals surface area contributed by atoms with E-state index in [1.165, 1.54) is 0 Å². The Labute approximate surface area is 87.4 Å². The molecule has 0 radical (unpaired) electrons. The number of rotatable bonds is 7. The summed E-state index contributed by atoms with van der Waals surface area (Å²) in [5.74, 6) is 0. The second kappa shape index (κ2) is 5.69. The molecular weight excluding hydrogens is 178 g/mol. The fourth-order valence-corrected chi connectivity index (χ4v) is 1.66. The molecule has 14 heavy (non-hydrogen) atoms. The van der Waals surface area contributed by atoms with Crippen molar-refractivity contribution in [2.45, 2.75) is 45.9 Å². The number of ether oxygens (including phenoxy) is 2. The maximum Gasteiger partial charge on any atom is 0.104 e. The van der Waals surface area contributed by atoms with E-state index in [1.807, 2.05) is 0 Å². The van der Waals surface area contributed by atoms with Crippen molar-refractivity contribution in [3.8, 4) is 0 Å². The molecule has 1 fully saturated rings. The van der Waals surface area contributed by atoms with Gasteiger partial charge in [-0.1, -0.05) is 0 Å². The van der Waals surface area contributed by atoms with Gasteiger partial charge in [0.05, 0.1) is 19.8 Å². The number of hydrogen-bond donors (Lipinski definition) is 0. The van der Waals surface area contributed by atoms with Crippen LogP contribution in [0.25, 0.3) is 0 Å². The fourth-order valence-electron chi connectivity index (χ4n) is 1.66. The lowest BCUT2D eigenvalue weighted by Crippen LogP contribution is -2.39. The molecule has 0 N–H and O–H groups in total. The maximum atomic E-state index is 5.52. The Balaban J connectivity index is 2.05. The Morgan fingerprint density at radius 3 is 2.29 bits per heavy atom. The fraction of sp³-hybridized carbons (Fsp3) is 1.00. The molecule has 0 aliphatic carbocycles. The standard InChI is InChI=1S/C11H23NO2/c1-9(2)12(10(3)4)5-6-13-7-11-8-14-11/h9-11H,5-8H2,1-4H3. The summed E-state index contributed by atoms with van der Waals surface area (Å²) >= 11 is 0. The zero-order chi connectivity index (χ0) is 10.6. The van der Waals surface area contributed by atoms with Crippen molar-refractivity contribution in [2.24, 2.45) is 0 Å². The van der Waals surface area contributed by atoms with Crippen LogP contribution in [0.1, 0.15) is 27.7 Å². The molecule has 1 aliphatic rings. The molecule has 1 rings (SSSR count). The molecule has 84 valence electrons. The second-order valence-electron chi connectivity index (χ2n) is 4.46. The lowest BCUT2D eigenvalue weighted by molar-refractivity contribution is 0.0701. The summed E-state index contributed by atoms with van der Waals surface area (Å²) in [6.45, 7) is 12.4. The highest BCUT2D eigenvalue weighted by molar-refractivity contribution is 4.69. The normalized spacial score (nSPS) is 21.2. The van der Waals surface area contributed by atoms with Crippen molar-refractivity contribution in [3.63, 3.8) is 0 Å². The zero-order valence-corrected chi connectivity index (χ0v) is 9.82. The third-order valence-corrected chi connectivity index (χ3v) is 2.53. The van der Waals surface area contributed by atoms with E-state index in [4.69, 9.17) is 9.47 Å². The molecule has 3 heteroatoms. The van der Waals surface area contributed by atoms with Gasteiger partial charge in [-0.2, -0.15) is 0 Å². The average Bonchev–Trinajstić information content (AvgIpc) is 2.86. The van der Waals surface area contributed by atoms with Crippen molar-refractivity contribution in [2.75, 3.05) is 26.4 Å². The monoisotopic (exact) mass is 201 g/mol. The summed E-state index contributed by atoms with van der Waals surface area (Å²) in [6.07, 6.45) is 0.390. The first-order valence-electron chi connectivity index (χ1n) is 5.56. The summed E-state index contributed by atoms with van der Waals surface area (Å²) in [7, 11) is 0. The van der Waals surface area contributed by atoms with E-state index in [1.54, 1.807) is 0 Å². The van der Waals surface area contributed by atoms with Gasteiger partial charge in [-0.05, 0) is 27.7 Å². The molecule has 0 aromatic heterocycles. The van der Waals surface area contributed by atoms with Crippen molar-refractivity contribution < 1.29 is 9.47 Å². The molecule has 1 saturated heterocycles. The van der Waals surface area contributed by atoms with Gasteiger partial charge in [-0.15, -0.1) is 0 Å². The van der Waals surface area contributed by atoms with Crippen LogP contribution in [0.5, 0.6) is 0 Å². The van der Waals surface area contributed by atoms with Crippen LogP contribution >= 0.6 is 0 Å². The summed E-state index contributed by atoms with van der Waals surface area (Å²) in [5.41, 5.74) is 0. The average molecular weight is 201 g/mol. The minimum absolute atomic E-state index is 0.390. The van der Waals surface area contributed by atoms with Crippen LogP contribution < -0.4 is 0 Å². The first-order valence-corrected chi connectivity index (χ1v) is 5.56. The summed E-state index contributed by atoms with van der Waals surface area (Å²) in [6, 6.07) is 1.19. The third-order valence-electron chi connectivity index (χ3n) is 2.53. The highest BCUT2D eigenvalue weighted by Gasteiger charge is 2.22. The van der Waals surface area contributed by atoms with Crippen LogP contribution in [0.4, 0.5) is 0 Å².